The molecule has 1 aliphatic rings. The molecule has 20 heavy (non-hydrogen) atoms. The number of epoxide rings is 1. The van der Waals surface area contributed by atoms with E-state index in [0.29, 0.717) is 12.1 Å². The van der Waals surface area contributed by atoms with E-state index >= 15 is 0 Å². The van der Waals surface area contributed by atoms with Crippen LogP contribution in [0.4, 0.5) is 22.0 Å². The molecule has 0 saturated carbocycles. The van der Waals surface area contributed by atoms with Gasteiger partial charge >= 0.3 is 14.4 Å². The van der Waals surface area contributed by atoms with Gasteiger partial charge in [0, 0.05) is 21.4 Å². The molecule has 0 amide bonds. The summed E-state index contributed by atoms with van der Waals surface area (Å²) in [4.78, 5) is 0. The maximum absolute atomic E-state index is 12.4. The van der Waals surface area contributed by atoms with Gasteiger partial charge < -0.3 is 4.74 Å². The summed E-state index contributed by atoms with van der Waals surface area (Å²) >= 11 is 0. The van der Waals surface area contributed by atoms with Crippen molar-refractivity contribution in [2.45, 2.75) is 6.18 Å². The molecule has 0 spiro atoms. The predicted octanol–water partition coefficient (Wildman–Crippen LogP) is 3.71. The highest BCUT2D eigenvalue weighted by molar-refractivity contribution is 8.31. The van der Waals surface area contributed by atoms with Crippen LogP contribution in [-0.2, 0) is 19.2 Å². The van der Waals surface area contributed by atoms with Crippen molar-refractivity contribution >= 4 is 29.6 Å². The lowest BCUT2D eigenvalue weighted by atomic mass is 10.2. The Bertz CT molecular complexity index is 520. The molecule has 0 atom stereocenters. The van der Waals surface area contributed by atoms with Gasteiger partial charge in [0.25, 0.3) is 0 Å². The average molecular weight is 361 g/mol. The molecule has 0 N–H and O–H groups in total. The number of alkyl halides is 3. The van der Waals surface area contributed by atoms with Crippen LogP contribution >= 0.6 is 21.4 Å². The van der Waals surface area contributed by atoms with Crippen LogP contribution in [0.15, 0.2) is 18.2 Å². The Kier molecular flexibility index (Phi) is 7.71. The van der Waals surface area contributed by atoms with E-state index in [1.807, 2.05) is 0 Å². The summed E-state index contributed by atoms with van der Waals surface area (Å²) in [7, 11) is 4.81. The molecule has 2 rings (SSSR count). The van der Waals surface area contributed by atoms with Gasteiger partial charge in [0.15, 0.2) is 11.6 Å². The first-order valence-electron chi connectivity index (χ1n) is 4.66. The fraction of sp³-hybridized carbons (Fsp3) is 0.333. The third-order valence-corrected chi connectivity index (χ3v) is 1.46. The summed E-state index contributed by atoms with van der Waals surface area (Å²) in [6.07, 6.45) is -4.84. The molecule has 3 nitrogen and oxygen atoms in total. The summed E-state index contributed by atoms with van der Waals surface area (Å²) in [6.45, 7) is 2.00. The molecule has 1 aromatic rings. The van der Waals surface area contributed by atoms with Crippen LogP contribution in [0.5, 0.6) is 0 Å². The number of halogens is 7. The average Bonchev–Trinajstić information content (AvgIpc) is 3.04. The minimum absolute atomic E-state index is 0.485. The molecule has 116 valence electrons. The summed E-state index contributed by atoms with van der Waals surface area (Å²) in [5, 5.41) is 0. The van der Waals surface area contributed by atoms with Gasteiger partial charge in [-0.2, -0.15) is 21.6 Å². The van der Waals surface area contributed by atoms with Gasteiger partial charge in [0.05, 0.1) is 18.8 Å². The minimum atomic E-state index is -4.84. The van der Waals surface area contributed by atoms with Crippen LogP contribution in [0.2, 0.25) is 0 Å². The van der Waals surface area contributed by atoms with Gasteiger partial charge in [-0.25, -0.2) is 8.78 Å². The highest BCUT2D eigenvalue weighted by Crippen LogP contribution is 2.31. The molecule has 1 aliphatic heterocycles. The van der Waals surface area contributed by atoms with Crippen LogP contribution in [0.3, 0.4) is 0 Å². The maximum atomic E-state index is 12.4. The normalized spacial score (nSPS) is 13.6. The standard InChI is InChI=1S/C7H3F5.C2H4O.Cl2O2S/c8-5-3-1-2-4(6(5)9)7(10,11)12;1-2-3-1;1-5(2,3)4/h1-3H;1-2H2;. The number of ether oxygens (including phenoxy) is 1. The zero-order valence-electron chi connectivity index (χ0n) is 9.43. The van der Waals surface area contributed by atoms with Gasteiger partial charge in [0.2, 0.25) is 0 Å². The van der Waals surface area contributed by atoms with E-state index in [0.717, 1.165) is 19.3 Å². The number of hydrogen-bond acceptors (Lipinski definition) is 3. The van der Waals surface area contributed by atoms with Gasteiger partial charge in [-0.15, -0.1) is 0 Å². The Hall–Kier alpha value is -0.640. The van der Waals surface area contributed by atoms with Crippen molar-refractivity contribution in [3.63, 3.8) is 0 Å². The van der Waals surface area contributed by atoms with Gasteiger partial charge in [-0.1, -0.05) is 6.07 Å². The Balaban J connectivity index is 0.000000369. The van der Waals surface area contributed by atoms with Crippen molar-refractivity contribution in [2.24, 2.45) is 0 Å². The third-order valence-electron chi connectivity index (χ3n) is 1.46. The van der Waals surface area contributed by atoms with Crippen LogP contribution < -0.4 is 0 Å². The van der Waals surface area contributed by atoms with Gasteiger partial charge in [-0.3, -0.25) is 0 Å². The SMILES string of the molecule is C1CO1.Fc1cccc(C(F)(F)F)c1F.O=S(=O)(Cl)Cl. The molecule has 0 unspecified atom stereocenters. The smallest absolute Gasteiger partial charge is 0.377 e. The van der Waals surface area contributed by atoms with E-state index in [1.54, 1.807) is 0 Å². The molecule has 0 radical (unpaired) electrons. The van der Waals surface area contributed by atoms with Crippen LogP contribution in [0.25, 0.3) is 0 Å². The predicted molar refractivity (Wildman–Crippen MR) is 62.8 cm³/mol. The molecule has 1 saturated heterocycles. The van der Waals surface area contributed by atoms with E-state index in [4.69, 9.17) is 8.42 Å². The van der Waals surface area contributed by atoms with Crippen LogP contribution in [0, 0.1) is 11.6 Å². The molecule has 0 aromatic heterocycles. The number of rotatable bonds is 0. The maximum Gasteiger partial charge on any atom is 0.419 e. The lowest BCUT2D eigenvalue weighted by Gasteiger charge is -2.06. The fourth-order valence-electron chi connectivity index (χ4n) is 0.723. The molecule has 1 heterocycles. The van der Waals surface area contributed by atoms with Crippen molar-refractivity contribution in [2.75, 3.05) is 13.2 Å². The molecular formula is C9H7Cl2F5O3S. The van der Waals surface area contributed by atoms with Crippen molar-refractivity contribution in [1.82, 2.24) is 0 Å². The second kappa shape index (κ2) is 7.96. The molecule has 0 bridgehead atoms. The first-order valence-corrected chi connectivity index (χ1v) is 7.79. The zero-order valence-corrected chi connectivity index (χ0v) is 11.8. The van der Waals surface area contributed by atoms with E-state index in [1.165, 1.54) is 0 Å². The topological polar surface area (TPSA) is 46.7 Å². The monoisotopic (exact) mass is 360 g/mol. The van der Waals surface area contributed by atoms with Crippen molar-refractivity contribution < 1.29 is 35.1 Å². The second-order valence-corrected chi connectivity index (χ2v) is 6.76. The summed E-state index contributed by atoms with van der Waals surface area (Å²) in [5.41, 5.74) is -1.58. The van der Waals surface area contributed by atoms with Crippen molar-refractivity contribution in [3.05, 3.63) is 35.4 Å². The zero-order chi connectivity index (χ0) is 16.0. The fourth-order valence-corrected chi connectivity index (χ4v) is 0.723. The van der Waals surface area contributed by atoms with Gasteiger partial charge in [-0.05, 0) is 12.1 Å². The van der Waals surface area contributed by atoms with Gasteiger partial charge in [0.1, 0.15) is 0 Å². The molecule has 0 aliphatic carbocycles. The summed E-state index contributed by atoms with van der Waals surface area (Å²) in [5.74, 6) is -3.35. The third kappa shape index (κ3) is 11.2. The Morgan fingerprint density at radius 1 is 1.10 bits per heavy atom. The van der Waals surface area contributed by atoms with E-state index in [-0.39, 0.29) is 0 Å². The minimum Gasteiger partial charge on any atom is -0.377 e. The van der Waals surface area contributed by atoms with Crippen LogP contribution in [-0.4, -0.2) is 21.6 Å². The highest BCUT2D eigenvalue weighted by Gasteiger charge is 2.34. The Labute approximate surface area is 120 Å². The Morgan fingerprint density at radius 2 is 1.50 bits per heavy atom. The van der Waals surface area contributed by atoms with Crippen molar-refractivity contribution in [3.8, 4) is 0 Å². The van der Waals surface area contributed by atoms with E-state index in [9.17, 15) is 22.0 Å². The summed E-state index contributed by atoms with van der Waals surface area (Å²) < 4.78 is 82.9. The summed E-state index contributed by atoms with van der Waals surface area (Å²) in [6, 6.07) is 1.92. The van der Waals surface area contributed by atoms with E-state index in [2.05, 4.69) is 26.1 Å². The second-order valence-electron chi connectivity index (χ2n) is 3.09. The molecular weight excluding hydrogens is 354 g/mol. The lowest BCUT2D eigenvalue weighted by molar-refractivity contribution is -0.140. The lowest BCUT2D eigenvalue weighted by Crippen LogP contribution is -2.08. The largest absolute Gasteiger partial charge is 0.419 e. The highest BCUT2D eigenvalue weighted by atomic mass is 36.0. The molecule has 1 aromatic carbocycles. The quantitative estimate of drug-likeness (QED) is 0.402. The first kappa shape index (κ1) is 19.4. The number of hydrogen-bond donors (Lipinski definition) is 0. The van der Waals surface area contributed by atoms with Crippen LogP contribution in [0.1, 0.15) is 5.56 Å². The molecule has 1 fully saturated rings. The van der Waals surface area contributed by atoms with E-state index < -0.39 is 31.6 Å². The van der Waals surface area contributed by atoms with Crippen molar-refractivity contribution in [1.29, 1.82) is 0 Å². The Morgan fingerprint density at radius 3 is 1.75 bits per heavy atom. The molecule has 11 heteroatoms. The number of benzene rings is 1. The first-order chi connectivity index (χ1) is 8.93.